The maximum atomic E-state index is 12.7. The lowest BCUT2D eigenvalue weighted by Crippen LogP contribution is -2.48. The number of esters is 1. The largest absolute Gasteiger partial charge is 0.464 e. The number of carbonyl (C=O) groups excluding carboxylic acids is 2. The first kappa shape index (κ1) is 19.7. The molecule has 3 heterocycles. The van der Waals surface area contributed by atoms with Crippen LogP contribution < -0.4 is 0 Å². The monoisotopic (exact) mass is 380 g/mol. The Labute approximate surface area is 158 Å². The van der Waals surface area contributed by atoms with Crippen molar-refractivity contribution in [2.45, 2.75) is 51.7 Å². The molecule has 0 bridgehead atoms. The number of amides is 1. The van der Waals surface area contributed by atoms with Crippen LogP contribution in [-0.2, 0) is 32.2 Å². The summed E-state index contributed by atoms with van der Waals surface area (Å²) >= 11 is 0. The molecule has 2 fully saturated rings. The minimum Gasteiger partial charge on any atom is -0.464 e. The Kier molecular flexibility index (Phi) is 7.11. The number of morpholine rings is 1. The average Bonchev–Trinajstić information content (AvgIpc) is 3.14. The molecule has 1 atom stereocenters. The van der Waals surface area contributed by atoms with E-state index in [1.165, 1.54) is 0 Å². The van der Waals surface area contributed by atoms with Crippen molar-refractivity contribution in [3.8, 4) is 0 Å². The van der Waals surface area contributed by atoms with Gasteiger partial charge < -0.3 is 14.4 Å². The molecule has 0 radical (unpaired) electrons. The van der Waals surface area contributed by atoms with Crippen LogP contribution in [0.15, 0.2) is 0 Å². The lowest BCUT2D eigenvalue weighted by atomic mass is 10.0. The summed E-state index contributed by atoms with van der Waals surface area (Å²) in [5.41, 5.74) is 0. The summed E-state index contributed by atoms with van der Waals surface area (Å²) in [6, 6.07) is -0.465. The van der Waals surface area contributed by atoms with Crippen LogP contribution in [0.2, 0.25) is 0 Å². The van der Waals surface area contributed by atoms with Crippen LogP contribution in [0.1, 0.15) is 38.4 Å². The van der Waals surface area contributed by atoms with E-state index >= 15 is 0 Å². The maximum absolute atomic E-state index is 12.7. The molecule has 1 amide bonds. The van der Waals surface area contributed by atoms with Gasteiger partial charge >= 0.3 is 5.97 Å². The van der Waals surface area contributed by atoms with E-state index in [0.29, 0.717) is 45.9 Å². The Morgan fingerprint density at radius 1 is 1.22 bits per heavy atom. The Morgan fingerprint density at radius 3 is 2.81 bits per heavy atom. The molecular weight excluding hydrogens is 352 g/mol. The van der Waals surface area contributed by atoms with Gasteiger partial charge in [-0.3, -0.25) is 9.69 Å². The van der Waals surface area contributed by atoms with Crippen LogP contribution in [0.5, 0.6) is 0 Å². The highest BCUT2D eigenvalue weighted by atomic mass is 16.5. The van der Waals surface area contributed by atoms with E-state index in [-0.39, 0.29) is 18.3 Å². The van der Waals surface area contributed by atoms with Gasteiger partial charge in [-0.1, -0.05) is 0 Å². The number of rotatable bonds is 7. The first-order valence-corrected chi connectivity index (χ1v) is 9.70. The SMILES string of the molecule is CCOC(=O)[C@H]1CCCCN1C(=O)CCn1nnnc1CN1CCOCC1. The Morgan fingerprint density at radius 2 is 2.04 bits per heavy atom. The fourth-order valence-electron chi connectivity index (χ4n) is 3.53. The lowest BCUT2D eigenvalue weighted by molar-refractivity contribution is -0.156. The van der Waals surface area contributed by atoms with E-state index < -0.39 is 6.04 Å². The molecule has 0 aromatic carbocycles. The molecule has 3 rings (SSSR count). The molecule has 0 spiro atoms. The Balaban J connectivity index is 1.55. The zero-order chi connectivity index (χ0) is 19.1. The number of hydrogen-bond donors (Lipinski definition) is 0. The highest BCUT2D eigenvalue weighted by Gasteiger charge is 2.33. The van der Waals surface area contributed by atoms with Gasteiger partial charge in [0.05, 0.1) is 32.9 Å². The summed E-state index contributed by atoms with van der Waals surface area (Å²) in [5.74, 6) is 0.381. The van der Waals surface area contributed by atoms with Gasteiger partial charge in [-0.05, 0) is 36.6 Å². The first-order chi connectivity index (χ1) is 13.2. The number of aryl methyl sites for hydroxylation is 1. The van der Waals surface area contributed by atoms with E-state index in [2.05, 4.69) is 20.4 Å². The van der Waals surface area contributed by atoms with E-state index in [0.717, 1.165) is 31.8 Å². The minimum atomic E-state index is -0.465. The fourth-order valence-corrected chi connectivity index (χ4v) is 3.53. The van der Waals surface area contributed by atoms with Crippen molar-refractivity contribution in [1.29, 1.82) is 0 Å². The topological polar surface area (TPSA) is 103 Å². The number of carbonyl (C=O) groups is 2. The number of likely N-dealkylation sites (tertiary alicyclic amines) is 1. The van der Waals surface area contributed by atoms with Crippen LogP contribution in [0.4, 0.5) is 0 Å². The van der Waals surface area contributed by atoms with Gasteiger partial charge in [0, 0.05) is 26.1 Å². The standard InChI is InChI=1S/C17H28N6O4/c1-2-27-17(25)14-5-3-4-7-22(14)16(24)6-8-23-15(18-19-20-23)13-21-9-11-26-12-10-21/h14H,2-13H2,1H3/t14-/m1/s1. The zero-order valence-electron chi connectivity index (χ0n) is 15.9. The van der Waals surface area contributed by atoms with E-state index in [9.17, 15) is 9.59 Å². The summed E-state index contributed by atoms with van der Waals surface area (Å²) in [4.78, 5) is 28.8. The second kappa shape index (κ2) is 9.75. The molecule has 1 aromatic heterocycles. The molecule has 0 aliphatic carbocycles. The van der Waals surface area contributed by atoms with Crippen molar-refractivity contribution in [3.63, 3.8) is 0 Å². The summed E-state index contributed by atoms with van der Waals surface area (Å²) in [5, 5.41) is 11.9. The number of tetrazole rings is 1. The van der Waals surface area contributed by atoms with Crippen molar-refractivity contribution < 1.29 is 19.1 Å². The molecule has 0 unspecified atom stereocenters. The molecule has 150 valence electrons. The average molecular weight is 380 g/mol. The second-order valence-corrected chi connectivity index (χ2v) is 6.81. The first-order valence-electron chi connectivity index (χ1n) is 9.70. The van der Waals surface area contributed by atoms with E-state index in [1.54, 1.807) is 16.5 Å². The van der Waals surface area contributed by atoms with Crippen molar-refractivity contribution in [3.05, 3.63) is 5.82 Å². The highest BCUT2D eigenvalue weighted by molar-refractivity contribution is 5.84. The maximum Gasteiger partial charge on any atom is 0.328 e. The van der Waals surface area contributed by atoms with Crippen LogP contribution in [0.3, 0.4) is 0 Å². The van der Waals surface area contributed by atoms with Crippen molar-refractivity contribution in [2.24, 2.45) is 0 Å². The number of ether oxygens (including phenoxy) is 2. The molecule has 10 nitrogen and oxygen atoms in total. The van der Waals surface area contributed by atoms with Crippen molar-refractivity contribution >= 4 is 11.9 Å². The quantitative estimate of drug-likeness (QED) is 0.601. The van der Waals surface area contributed by atoms with Crippen LogP contribution >= 0.6 is 0 Å². The summed E-state index contributed by atoms with van der Waals surface area (Å²) in [7, 11) is 0. The Bertz CT molecular complexity index is 631. The summed E-state index contributed by atoms with van der Waals surface area (Å²) in [6.07, 6.45) is 2.77. The van der Waals surface area contributed by atoms with Gasteiger partial charge in [-0.25, -0.2) is 9.48 Å². The van der Waals surface area contributed by atoms with Gasteiger partial charge in [-0.15, -0.1) is 5.10 Å². The summed E-state index contributed by atoms with van der Waals surface area (Å²) < 4.78 is 12.2. The smallest absolute Gasteiger partial charge is 0.328 e. The third kappa shape index (κ3) is 5.23. The number of aromatic nitrogens is 4. The van der Waals surface area contributed by atoms with Gasteiger partial charge in [0.15, 0.2) is 5.82 Å². The number of nitrogens with zero attached hydrogens (tertiary/aromatic N) is 6. The van der Waals surface area contributed by atoms with Crippen molar-refractivity contribution in [1.82, 2.24) is 30.0 Å². The number of piperidine rings is 1. The van der Waals surface area contributed by atoms with Crippen LogP contribution in [0, 0.1) is 0 Å². The highest BCUT2D eigenvalue weighted by Crippen LogP contribution is 2.19. The zero-order valence-corrected chi connectivity index (χ0v) is 15.9. The molecule has 0 saturated carbocycles. The van der Waals surface area contributed by atoms with Crippen LogP contribution in [-0.4, -0.2) is 87.4 Å². The fraction of sp³-hybridized carbons (Fsp3) is 0.824. The molecule has 2 aliphatic rings. The Hall–Kier alpha value is -2.07. The summed E-state index contributed by atoms with van der Waals surface area (Å²) in [6.45, 7) is 6.86. The predicted octanol–water partition coefficient (Wildman–Crippen LogP) is -0.160. The molecule has 10 heteroatoms. The van der Waals surface area contributed by atoms with Gasteiger partial charge in [-0.2, -0.15) is 0 Å². The molecular formula is C17H28N6O4. The second-order valence-electron chi connectivity index (χ2n) is 6.81. The molecule has 1 aromatic rings. The third-order valence-corrected chi connectivity index (χ3v) is 4.99. The molecule has 2 saturated heterocycles. The predicted molar refractivity (Wildman–Crippen MR) is 94.5 cm³/mol. The van der Waals surface area contributed by atoms with E-state index in [1.807, 2.05) is 0 Å². The lowest BCUT2D eigenvalue weighted by Gasteiger charge is -2.34. The molecule has 0 N–H and O–H groups in total. The van der Waals surface area contributed by atoms with Crippen molar-refractivity contribution in [2.75, 3.05) is 39.5 Å². The minimum absolute atomic E-state index is 0.0550. The van der Waals surface area contributed by atoms with Gasteiger partial charge in [0.1, 0.15) is 6.04 Å². The molecule has 27 heavy (non-hydrogen) atoms. The van der Waals surface area contributed by atoms with Gasteiger partial charge in [0.2, 0.25) is 5.91 Å². The normalized spacial score (nSPS) is 21.2. The van der Waals surface area contributed by atoms with Crippen LogP contribution in [0.25, 0.3) is 0 Å². The third-order valence-electron chi connectivity index (χ3n) is 4.99. The van der Waals surface area contributed by atoms with E-state index in [4.69, 9.17) is 9.47 Å². The molecule has 2 aliphatic heterocycles. The number of hydrogen-bond acceptors (Lipinski definition) is 8. The van der Waals surface area contributed by atoms with Gasteiger partial charge in [0.25, 0.3) is 0 Å².